The number of aliphatic carboxylic acids is 1. The Kier molecular flexibility index (Phi) is 7.21. The monoisotopic (exact) mass is 544 g/mol. The average Bonchev–Trinajstić information content (AvgIpc) is 3.52. The van der Waals surface area contributed by atoms with Gasteiger partial charge in [-0.1, -0.05) is 66.7 Å². The zero-order chi connectivity index (χ0) is 28.3. The Labute approximate surface area is 239 Å². The molecule has 3 N–H and O–H groups in total. The fraction of sp³-hybridized carbons (Fsp3) is 0.171. The van der Waals surface area contributed by atoms with Gasteiger partial charge < -0.3 is 24.9 Å². The van der Waals surface area contributed by atoms with Crippen LogP contribution in [0, 0.1) is 0 Å². The van der Waals surface area contributed by atoms with Gasteiger partial charge in [0.2, 0.25) is 0 Å². The summed E-state index contributed by atoms with van der Waals surface area (Å²) in [6.07, 6.45) is 0.235. The van der Waals surface area contributed by atoms with Crippen molar-refractivity contribution in [1.82, 2.24) is 10.3 Å². The highest BCUT2D eigenvalue weighted by atomic mass is 16.5. The van der Waals surface area contributed by atoms with Gasteiger partial charge in [0.25, 0.3) is 0 Å². The highest BCUT2D eigenvalue weighted by Crippen LogP contribution is 2.44. The van der Waals surface area contributed by atoms with E-state index >= 15 is 0 Å². The lowest BCUT2D eigenvalue weighted by Gasteiger charge is -2.21. The molecule has 41 heavy (non-hydrogen) atoms. The summed E-state index contributed by atoms with van der Waals surface area (Å²) >= 11 is 0. The molecule has 1 aromatic heterocycles. The van der Waals surface area contributed by atoms with Crippen LogP contribution in [0.4, 0.5) is 0 Å². The second-order valence-electron chi connectivity index (χ2n) is 10.2. The minimum absolute atomic E-state index is 0.0455. The van der Waals surface area contributed by atoms with Gasteiger partial charge in [0.1, 0.15) is 18.4 Å². The number of H-pyrrole nitrogens is 1. The fourth-order valence-corrected chi connectivity index (χ4v) is 5.81. The maximum atomic E-state index is 12.5. The van der Waals surface area contributed by atoms with E-state index in [0.29, 0.717) is 13.2 Å². The number of nitrogens with one attached hydrogen (secondary N) is 2. The summed E-state index contributed by atoms with van der Waals surface area (Å²) in [5, 5.41) is 14.2. The molecule has 0 saturated heterocycles. The van der Waals surface area contributed by atoms with Crippen LogP contribution in [0.5, 0.6) is 5.75 Å². The molecule has 1 heterocycles. The molecule has 1 unspecified atom stereocenters. The molecule has 1 atom stereocenters. The van der Waals surface area contributed by atoms with E-state index in [1.807, 2.05) is 79.7 Å². The van der Waals surface area contributed by atoms with E-state index in [-0.39, 0.29) is 18.2 Å². The molecular formula is C35H32N2O4. The third-order valence-electron chi connectivity index (χ3n) is 7.70. The number of hydrogen-bond donors (Lipinski definition) is 3. The van der Waals surface area contributed by atoms with Crippen LogP contribution in [0.25, 0.3) is 33.3 Å². The van der Waals surface area contributed by atoms with Crippen molar-refractivity contribution in [2.24, 2.45) is 0 Å². The van der Waals surface area contributed by atoms with E-state index in [2.05, 4.69) is 41.1 Å². The van der Waals surface area contributed by atoms with Crippen LogP contribution in [0.2, 0.25) is 0 Å². The van der Waals surface area contributed by atoms with E-state index in [4.69, 9.17) is 9.47 Å². The second-order valence-corrected chi connectivity index (χ2v) is 10.2. The van der Waals surface area contributed by atoms with Gasteiger partial charge in [0, 0.05) is 28.9 Å². The molecule has 4 aromatic carbocycles. The average molecular weight is 545 g/mol. The highest BCUT2D eigenvalue weighted by molar-refractivity contribution is 5.91. The molecule has 0 aliphatic heterocycles. The number of para-hydroxylation sites is 1. The molecule has 1 aliphatic rings. The quantitative estimate of drug-likeness (QED) is 0.154. The Bertz CT molecular complexity index is 1670. The first-order valence-corrected chi connectivity index (χ1v) is 13.9. The number of rotatable bonds is 11. The molecule has 0 bridgehead atoms. The third kappa shape index (κ3) is 5.16. The minimum atomic E-state index is -0.978. The van der Waals surface area contributed by atoms with Gasteiger partial charge in [-0.3, -0.25) is 0 Å². The summed E-state index contributed by atoms with van der Waals surface area (Å²) in [5.74, 6) is 0.0972. The van der Waals surface area contributed by atoms with E-state index in [1.54, 1.807) is 0 Å². The van der Waals surface area contributed by atoms with Crippen LogP contribution in [0.15, 0.2) is 110 Å². The highest BCUT2D eigenvalue weighted by Gasteiger charge is 2.29. The van der Waals surface area contributed by atoms with Crippen molar-refractivity contribution in [2.75, 3.05) is 13.2 Å². The molecule has 0 amide bonds. The predicted octanol–water partition coefficient (Wildman–Crippen LogP) is 7.12. The predicted molar refractivity (Wildman–Crippen MR) is 162 cm³/mol. The first-order valence-electron chi connectivity index (χ1n) is 13.9. The van der Waals surface area contributed by atoms with Crippen LogP contribution in [0.3, 0.4) is 0 Å². The molecule has 1 aliphatic carbocycles. The van der Waals surface area contributed by atoms with Crippen molar-refractivity contribution in [3.8, 4) is 28.1 Å². The number of benzene rings is 4. The first kappa shape index (κ1) is 26.3. The summed E-state index contributed by atoms with van der Waals surface area (Å²) < 4.78 is 11.7. The smallest absolute Gasteiger partial charge is 0.326 e. The van der Waals surface area contributed by atoms with Crippen LogP contribution in [-0.4, -0.2) is 35.3 Å². The topological polar surface area (TPSA) is 83.6 Å². The van der Waals surface area contributed by atoms with Crippen LogP contribution in [-0.2, 0) is 16.0 Å². The molecule has 6 heteroatoms. The standard InChI is InChI=1S/C35H32N2O4/c1-3-40-24-18-16-23(17-19-24)34-30(29-14-8-9-15-32(29)37-34)20-33(35(38)39)36-22(2)41-21-31-27-12-6-4-10-25(27)26-11-5-7-13-28(26)31/h4-19,31,33,36-37H,2-3,20-21H2,1H3,(H,38,39). The maximum Gasteiger partial charge on any atom is 0.326 e. The number of aromatic amines is 1. The maximum absolute atomic E-state index is 12.5. The number of carboxylic acid groups (broad SMARTS) is 1. The lowest BCUT2D eigenvalue weighted by Crippen LogP contribution is -2.38. The molecule has 0 radical (unpaired) electrons. The van der Waals surface area contributed by atoms with E-state index in [9.17, 15) is 9.90 Å². The molecule has 206 valence electrons. The van der Waals surface area contributed by atoms with Gasteiger partial charge >= 0.3 is 5.97 Å². The third-order valence-corrected chi connectivity index (χ3v) is 7.70. The first-order chi connectivity index (χ1) is 20.0. The summed E-state index contributed by atoms with van der Waals surface area (Å²) in [4.78, 5) is 16.0. The Morgan fingerprint density at radius 1 is 0.927 bits per heavy atom. The van der Waals surface area contributed by atoms with Gasteiger partial charge in [-0.25, -0.2) is 4.79 Å². The Hall–Kier alpha value is -4.97. The number of carbonyl (C=O) groups is 1. The summed E-state index contributed by atoms with van der Waals surface area (Å²) in [6, 6.07) is 31.5. The Morgan fingerprint density at radius 3 is 2.22 bits per heavy atom. The number of ether oxygens (including phenoxy) is 2. The van der Waals surface area contributed by atoms with E-state index in [0.717, 1.165) is 33.5 Å². The molecule has 0 saturated carbocycles. The Morgan fingerprint density at radius 2 is 1.56 bits per heavy atom. The molecular weight excluding hydrogens is 512 g/mol. The van der Waals surface area contributed by atoms with Crippen molar-refractivity contribution in [1.29, 1.82) is 0 Å². The van der Waals surface area contributed by atoms with E-state index in [1.165, 1.54) is 22.3 Å². The van der Waals surface area contributed by atoms with Crippen LogP contribution < -0.4 is 10.1 Å². The number of carboxylic acids is 1. The zero-order valence-electron chi connectivity index (χ0n) is 22.9. The summed E-state index contributed by atoms with van der Waals surface area (Å²) in [5.41, 5.74) is 8.52. The Balaban J connectivity index is 1.22. The van der Waals surface area contributed by atoms with Gasteiger partial charge in [0.15, 0.2) is 5.88 Å². The normalized spacial score (nSPS) is 12.9. The fourth-order valence-electron chi connectivity index (χ4n) is 5.81. The largest absolute Gasteiger partial charge is 0.494 e. The summed E-state index contributed by atoms with van der Waals surface area (Å²) in [6.45, 7) is 6.93. The molecule has 0 fully saturated rings. The van der Waals surface area contributed by atoms with Gasteiger partial charge in [-0.05, 0) is 77.2 Å². The van der Waals surface area contributed by atoms with Crippen molar-refractivity contribution in [2.45, 2.75) is 25.3 Å². The zero-order valence-corrected chi connectivity index (χ0v) is 22.9. The van der Waals surface area contributed by atoms with Crippen LogP contribution in [0.1, 0.15) is 29.5 Å². The SMILES string of the molecule is C=C(NC(Cc1c(-c2ccc(OCC)cc2)[nH]c2ccccc12)C(=O)O)OCC1c2ccccc2-c2ccccc21. The lowest BCUT2D eigenvalue weighted by molar-refractivity contribution is -0.139. The number of fused-ring (bicyclic) bond motifs is 4. The number of hydrogen-bond acceptors (Lipinski definition) is 4. The summed E-state index contributed by atoms with van der Waals surface area (Å²) in [7, 11) is 0. The number of aromatic nitrogens is 1. The van der Waals surface area contributed by atoms with Crippen molar-refractivity contribution >= 4 is 16.9 Å². The van der Waals surface area contributed by atoms with Crippen molar-refractivity contribution in [3.63, 3.8) is 0 Å². The van der Waals surface area contributed by atoms with Crippen molar-refractivity contribution in [3.05, 3.63) is 126 Å². The lowest BCUT2D eigenvalue weighted by atomic mass is 9.98. The van der Waals surface area contributed by atoms with Crippen LogP contribution >= 0.6 is 0 Å². The van der Waals surface area contributed by atoms with Gasteiger partial charge in [0.05, 0.1) is 6.61 Å². The van der Waals surface area contributed by atoms with E-state index < -0.39 is 12.0 Å². The van der Waals surface area contributed by atoms with Gasteiger partial charge in [-0.15, -0.1) is 0 Å². The minimum Gasteiger partial charge on any atom is -0.494 e. The molecule has 0 spiro atoms. The molecule has 6 nitrogen and oxygen atoms in total. The van der Waals surface area contributed by atoms with Crippen molar-refractivity contribution < 1.29 is 19.4 Å². The van der Waals surface area contributed by atoms with Gasteiger partial charge in [-0.2, -0.15) is 0 Å². The molecule has 5 aromatic rings. The second kappa shape index (κ2) is 11.3. The molecule has 6 rings (SSSR count).